The van der Waals surface area contributed by atoms with E-state index in [0.29, 0.717) is 0 Å². The summed E-state index contributed by atoms with van der Waals surface area (Å²) in [5.74, 6) is -0.842. The number of carbonyl (C=O) groups is 2. The Labute approximate surface area is 111 Å². The third-order valence-electron chi connectivity index (χ3n) is 2.56. The highest BCUT2D eigenvalue weighted by atomic mass is 19.1. The first-order valence-electron chi connectivity index (χ1n) is 6.20. The molecule has 0 saturated carbocycles. The van der Waals surface area contributed by atoms with Crippen molar-refractivity contribution >= 4 is 12.0 Å². The summed E-state index contributed by atoms with van der Waals surface area (Å²) in [6, 6.07) is -1.33. The summed E-state index contributed by atoms with van der Waals surface area (Å²) in [4.78, 5) is 24.6. The lowest BCUT2D eigenvalue weighted by Gasteiger charge is -2.28. The zero-order valence-electron chi connectivity index (χ0n) is 11.6. The van der Waals surface area contributed by atoms with Crippen LogP contribution in [0.3, 0.4) is 0 Å². The van der Waals surface area contributed by atoms with Crippen LogP contribution in [0.1, 0.15) is 34.1 Å². The van der Waals surface area contributed by atoms with Crippen LogP contribution in [0.5, 0.6) is 0 Å². The van der Waals surface area contributed by atoms with Gasteiger partial charge in [0.15, 0.2) is 6.30 Å². The Bertz CT molecular complexity index is 355. The van der Waals surface area contributed by atoms with E-state index in [9.17, 15) is 18.4 Å². The molecule has 0 spiro atoms. The van der Waals surface area contributed by atoms with Gasteiger partial charge in [0.1, 0.15) is 17.8 Å². The number of hydrogen-bond acceptors (Lipinski definition) is 3. The maximum absolute atomic E-state index is 13.7. The Balaban J connectivity index is 2.76. The van der Waals surface area contributed by atoms with Crippen molar-refractivity contribution in [3.8, 4) is 0 Å². The Morgan fingerprint density at radius 1 is 1.42 bits per heavy atom. The predicted molar refractivity (Wildman–Crippen MR) is 65.0 cm³/mol. The molecular weight excluding hydrogens is 258 g/mol. The molecule has 1 rings (SSSR count). The first-order valence-corrected chi connectivity index (χ1v) is 6.20. The van der Waals surface area contributed by atoms with Crippen molar-refractivity contribution in [1.29, 1.82) is 0 Å². The van der Waals surface area contributed by atoms with Crippen LogP contribution in [0, 0.1) is 0 Å². The molecule has 1 aliphatic rings. The molecule has 1 saturated heterocycles. The van der Waals surface area contributed by atoms with Crippen LogP contribution in [0.25, 0.3) is 0 Å². The van der Waals surface area contributed by atoms with Gasteiger partial charge < -0.3 is 10.1 Å². The average molecular weight is 278 g/mol. The number of hydrogen-bond donors (Lipinski definition) is 1. The highest BCUT2D eigenvalue weighted by Gasteiger charge is 2.44. The van der Waals surface area contributed by atoms with Gasteiger partial charge in [0.05, 0.1) is 0 Å². The Morgan fingerprint density at radius 3 is 2.47 bits per heavy atom. The second-order valence-corrected chi connectivity index (χ2v) is 5.55. The van der Waals surface area contributed by atoms with Gasteiger partial charge in [0, 0.05) is 6.54 Å². The minimum atomic E-state index is -1.60. The molecule has 3 atom stereocenters. The SMILES string of the molecule is CC(F)NC(=O)[C@@H]1[C@@H](F)CCN1C(=O)OC(C)(C)C. The number of alkyl halides is 2. The van der Waals surface area contributed by atoms with Gasteiger partial charge in [-0.25, -0.2) is 13.6 Å². The number of nitrogens with zero attached hydrogens (tertiary/aromatic N) is 1. The number of halogens is 2. The van der Waals surface area contributed by atoms with Crippen molar-refractivity contribution in [1.82, 2.24) is 10.2 Å². The van der Waals surface area contributed by atoms with Gasteiger partial charge >= 0.3 is 6.09 Å². The quantitative estimate of drug-likeness (QED) is 0.783. The lowest BCUT2D eigenvalue weighted by Crippen LogP contribution is -2.51. The van der Waals surface area contributed by atoms with E-state index in [2.05, 4.69) is 0 Å². The van der Waals surface area contributed by atoms with Crippen LogP contribution in [-0.2, 0) is 9.53 Å². The van der Waals surface area contributed by atoms with E-state index in [1.165, 1.54) is 0 Å². The van der Waals surface area contributed by atoms with Gasteiger partial charge in [-0.05, 0) is 34.1 Å². The first-order chi connectivity index (χ1) is 8.61. The zero-order chi connectivity index (χ0) is 14.8. The molecule has 2 amide bonds. The second kappa shape index (κ2) is 5.71. The summed E-state index contributed by atoms with van der Waals surface area (Å²) in [7, 11) is 0. The smallest absolute Gasteiger partial charge is 0.411 e. The molecular formula is C12H20F2N2O3. The van der Waals surface area contributed by atoms with E-state index >= 15 is 0 Å². The molecule has 1 fully saturated rings. The first kappa shape index (κ1) is 15.7. The molecule has 1 heterocycles. The number of carbonyl (C=O) groups excluding carboxylic acids is 2. The van der Waals surface area contributed by atoms with E-state index in [0.717, 1.165) is 11.8 Å². The van der Waals surface area contributed by atoms with Gasteiger partial charge in [0.2, 0.25) is 5.91 Å². The Morgan fingerprint density at radius 2 is 2.00 bits per heavy atom. The lowest BCUT2D eigenvalue weighted by molar-refractivity contribution is -0.128. The van der Waals surface area contributed by atoms with Gasteiger partial charge in [-0.2, -0.15) is 0 Å². The van der Waals surface area contributed by atoms with E-state index in [1.54, 1.807) is 20.8 Å². The van der Waals surface area contributed by atoms with Gasteiger partial charge in [-0.1, -0.05) is 0 Å². The largest absolute Gasteiger partial charge is 0.444 e. The van der Waals surface area contributed by atoms with Crippen LogP contribution < -0.4 is 5.32 Å². The topological polar surface area (TPSA) is 58.6 Å². The molecule has 19 heavy (non-hydrogen) atoms. The summed E-state index contributed by atoms with van der Waals surface area (Å²) >= 11 is 0. The molecule has 5 nitrogen and oxygen atoms in total. The molecule has 0 aromatic carbocycles. The van der Waals surface area contributed by atoms with Crippen LogP contribution >= 0.6 is 0 Å². The second-order valence-electron chi connectivity index (χ2n) is 5.55. The summed E-state index contributed by atoms with van der Waals surface area (Å²) in [5, 5.41) is 1.97. The fraction of sp³-hybridized carbons (Fsp3) is 0.833. The molecule has 1 unspecified atom stereocenters. The molecule has 0 aromatic rings. The maximum atomic E-state index is 13.7. The molecule has 0 radical (unpaired) electrons. The van der Waals surface area contributed by atoms with Crippen LogP contribution in [0.15, 0.2) is 0 Å². The third-order valence-corrected chi connectivity index (χ3v) is 2.56. The molecule has 1 aliphatic heterocycles. The fourth-order valence-corrected chi connectivity index (χ4v) is 1.87. The van der Waals surface area contributed by atoms with Crippen LogP contribution in [-0.4, -0.2) is 47.6 Å². The Kier molecular flexibility index (Phi) is 4.70. The summed E-state index contributed by atoms with van der Waals surface area (Å²) in [6.07, 6.45) is -3.83. The monoisotopic (exact) mass is 278 g/mol. The number of nitrogens with one attached hydrogen (secondary N) is 1. The van der Waals surface area contributed by atoms with Gasteiger partial charge in [-0.15, -0.1) is 0 Å². The number of rotatable bonds is 2. The van der Waals surface area contributed by atoms with Crippen molar-refractivity contribution in [2.24, 2.45) is 0 Å². The summed E-state index contributed by atoms with van der Waals surface area (Å²) in [5.41, 5.74) is -0.736. The van der Waals surface area contributed by atoms with Gasteiger partial charge in [-0.3, -0.25) is 9.69 Å². The molecule has 7 heteroatoms. The predicted octanol–water partition coefficient (Wildman–Crippen LogP) is 1.77. The van der Waals surface area contributed by atoms with Crippen molar-refractivity contribution in [3.63, 3.8) is 0 Å². The van der Waals surface area contributed by atoms with Crippen molar-refractivity contribution in [2.75, 3.05) is 6.54 Å². The van der Waals surface area contributed by atoms with Crippen molar-refractivity contribution in [2.45, 2.75) is 58.2 Å². The standard InChI is InChI=1S/C12H20F2N2O3/c1-7(13)15-10(17)9-8(14)5-6-16(9)11(18)19-12(2,3)4/h7-9H,5-6H2,1-4H3,(H,15,17)/t7?,8-,9-/m0/s1. The zero-order valence-corrected chi connectivity index (χ0v) is 11.6. The lowest BCUT2D eigenvalue weighted by atomic mass is 10.2. The van der Waals surface area contributed by atoms with Crippen molar-refractivity contribution in [3.05, 3.63) is 0 Å². The molecule has 1 N–H and O–H groups in total. The highest BCUT2D eigenvalue weighted by molar-refractivity contribution is 5.87. The number of likely N-dealkylation sites (tertiary alicyclic amines) is 1. The fourth-order valence-electron chi connectivity index (χ4n) is 1.87. The average Bonchev–Trinajstić information content (AvgIpc) is 2.56. The molecule has 110 valence electrons. The molecule has 0 bridgehead atoms. The van der Waals surface area contributed by atoms with Gasteiger partial charge in [0.25, 0.3) is 0 Å². The summed E-state index contributed by atoms with van der Waals surface area (Å²) < 4.78 is 31.5. The highest BCUT2D eigenvalue weighted by Crippen LogP contribution is 2.24. The van der Waals surface area contributed by atoms with E-state index < -0.39 is 36.1 Å². The van der Waals surface area contributed by atoms with E-state index in [1.807, 2.05) is 5.32 Å². The number of ether oxygens (including phenoxy) is 1. The van der Waals surface area contributed by atoms with E-state index in [4.69, 9.17) is 4.74 Å². The summed E-state index contributed by atoms with van der Waals surface area (Å²) in [6.45, 7) is 6.22. The minimum Gasteiger partial charge on any atom is -0.444 e. The van der Waals surface area contributed by atoms with E-state index in [-0.39, 0.29) is 13.0 Å². The Hall–Kier alpha value is -1.40. The number of amides is 2. The van der Waals surface area contributed by atoms with Crippen LogP contribution in [0.2, 0.25) is 0 Å². The minimum absolute atomic E-state index is 0.0397. The van der Waals surface area contributed by atoms with Crippen LogP contribution in [0.4, 0.5) is 13.6 Å². The maximum Gasteiger partial charge on any atom is 0.411 e. The van der Waals surface area contributed by atoms with Crippen molar-refractivity contribution < 1.29 is 23.1 Å². The normalized spacial score (nSPS) is 25.1. The molecule has 0 aromatic heterocycles. The molecule has 0 aliphatic carbocycles. The third kappa shape index (κ3) is 4.33.